The van der Waals surface area contributed by atoms with Crippen molar-refractivity contribution in [2.45, 2.75) is 32.6 Å². The molecule has 3 heterocycles. The number of rotatable bonds is 12. The number of ether oxygens (including phenoxy) is 3. The second kappa shape index (κ2) is 14.0. The summed E-state index contributed by atoms with van der Waals surface area (Å²) >= 11 is 0. The van der Waals surface area contributed by atoms with Crippen LogP contribution in [0, 0.1) is 0 Å². The third kappa shape index (κ3) is 7.76. The van der Waals surface area contributed by atoms with Gasteiger partial charge in [-0.25, -0.2) is 0 Å². The van der Waals surface area contributed by atoms with E-state index in [-0.39, 0.29) is 35.9 Å². The van der Waals surface area contributed by atoms with Gasteiger partial charge in [0.15, 0.2) is 17.3 Å². The van der Waals surface area contributed by atoms with E-state index < -0.39 is 0 Å². The van der Waals surface area contributed by atoms with Crippen molar-refractivity contribution < 1.29 is 23.8 Å². The number of carbonyl (C=O) groups excluding carboxylic acids is 2. The summed E-state index contributed by atoms with van der Waals surface area (Å²) in [4.78, 5) is 46.4. The summed E-state index contributed by atoms with van der Waals surface area (Å²) in [5.74, 6) is 1.50. The molecule has 0 unspecified atom stereocenters. The largest absolute Gasteiger partial charge is 0.493 e. The zero-order chi connectivity index (χ0) is 27.6. The lowest BCUT2D eigenvalue weighted by atomic mass is 10.2. The summed E-state index contributed by atoms with van der Waals surface area (Å²) in [7, 11) is 1.54. The number of likely N-dealkylation sites (tertiary alicyclic amines) is 1. The molecule has 1 N–H and O–H groups in total. The lowest BCUT2D eigenvalue weighted by Crippen LogP contribution is -2.51. The summed E-state index contributed by atoms with van der Waals surface area (Å²) < 4.78 is 16.4. The van der Waals surface area contributed by atoms with Gasteiger partial charge in [-0.05, 0) is 38.0 Å². The SMILES string of the molecule is CCOCCOc1ccc(-c2nnc(CCC(=O)N3CCN(CC(=O)N4CCCC4)CC3)c(=O)[nH]2)cc1OC. The Morgan fingerprint density at radius 3 is 2.38 bits per heavy atom. The third-order valence-electron chi connectivity index (χ3n) is 7.01. The van der Waals surface area contributed by atoms with Crippen molar-refractivity contribution in [2.75, 3.05) is 72.7 Å². The van der Waals surface area contributed by atoms with Crippen molar-refractivity contribution in [3.05, 3.63) is 34.2 Å². The van der Waals surface area contributed by atoms with Crippen LogP contribution >= 0.6 is 0 Å². The monoisotopic (exact) mass is 542 g/mol. The summed E-state index contributed by atoms with van der Waals surface area (Å²) in [5, 5.41) is 8.27. The first-order valence-electron chi connectivity index (χ1n) is 13.6. The minimum absolute atomic E-state index is 0.0320. The first-order valence-corrected chi connectivity index (χ1v) is 13.6. The third-order valence-corrected chi connectivity index (χ3v) is 7.01. The van der Waals surface area contributed by atoms with Crippen LogP contribution in [-0.4, -0.2) is 114 Å². The van der Waals surface area contributed by atoms with Crippen molar-refractivity contribution in [3.63, 3.8) is 0 Å². The summed E-state index contributed by atoms with van der Waals surface area (Å²) in [6.45, 7) is 7.99. The molecule has 2 amide bonds. The standard InChI is InChI=1S/C27H38N6O6/c1-3-38-16-17-39-22-8-6-20(18-23(22)37-2)26-28-27(36)21(29-30-26)7-9-24(34)33-14-12-31(13-15-33)19-25(35)32-10-4-5-11-32/h6,8,18H,3-5,7,9-17,19H2,1-2H3,(H,28,30,36). The van der Waals surface area contributed by atoms with Crippen molar-refractivity contribution in [3.8, 4) is 22.9 Å². The van der Waals surface area contributed by atoms with Crippen LogP contribution in [-0.2, 0) is 20.7 Å². The highest BCUT2D eigenvalue weighted by Crippen LogP contribution is 2.31. The Hall–Kier alpha value is -3.51. The average molecular weight is 543 g/mol. The summed E-state index contributed by atoms with van der Waals surface area (Å²) in [6, 6.07) is 5.23. The van der Waals surface area contributed by atoms with Crippen LogP contribution < -0.4 is 15.0 Å². The average Bonchev–Trinajstić information content (AvgIpc) is 3.50. The number of piperazine rings is 1. The van der Waals surface area contributed by atoms with Gasteiger partial charge < -0.3 is 29.0 Å². The van der Waals surface area contributed by atoms with Crippen LogP contribution in [0.4, 0.5) is 0 Å². The Kier molecular flexibility index (Phi) is 10.3. The van der Waals surface area contributed by atoms with Gasteiger partial charge in [0.25, 0.3) is 5.56 Å². The lowest BCUT2D eigenvalue weighted by molar-refractivity contribution is -0.134. The number of amides is 2. The second-order valence-corrected chi connectivity index (χ2v) is 9.61. The number of nitrogens with zero attached hydrogens (tertiary/aromatic N) is 5. The number of benzene rings is 1. The van der Waals surface area contributed by atoms with E-state index in [2.05, 4.69) is 20.1 Å². The Morgan fingerprint density at radius 2 is 1.69 bits per heavy atom. The smallest absolute Gasteiger partial charge is 0.273 e. The molecule has 0 radical (unpaired) electrons. The first kappa shape index (κ1) is 28.5. The second-order valence-electron chi connectivity index (χ2n) is 9.61. The minimum Gasteiger partial charge on any atom is -0.493 e. The van der Waals surface area contributed by atoms with Crippen LogP contribution in [0.25, 0.3) is 11.4 Å². The molecule has 4 rings (SSSR count). The van der Waals surface area contributed by atoms with E-state index in [9.17, 15) is 14.4 Å². The number of nitrogens with one attached hydrogen (secondary N) is 1. The number of aromatic amines is 1. The maximum Gasteiger partial charge on any atom is 0.273 e. The van der Waals surface area contributed by atoms with E-state index in [0.717, 1.165) is 25.9 Å². The van der Waals surface area contributed by atoms with Gasteiger partial charge in [0.05, 0.1) is 20.3 Å². The zero-order valence-corrected chi connectivity index (χ0v) is 22.8. The van der Waals surface area contributed by atoms with Crippen LogP contribution in [0.2, 0.25) is 0 Å². The Labute approximate surface area is 228 Å². The molecule has 212 valence electrons. The number of hydrogen-bond donors (Lipinski definition) is 1. The van der Waals surface area contributed by atoms with E-state index in [4.69, 9.17) is 14.2 Å². The molecule has 2 fully saturated rings. The molecule has 2 aromatic rings. The molecule has 12 heteroatoms. The van der Waals surface area contributed by atoms with E-state index in [1.165, 1.54) is 7.11 Å². The molecule has 0 atom stereocenters. The van der Waals surface area contributed by atoms with Crippen LogP contribution in [0.5, 0.6) is 11.5 Å². The molecule has 1 aromatic carbocycles. The molecular weight excluding hydrogens is 504 g/mol. The highest BCUT2D eigenvalue weighted by Gasteiger charge is 2.25. The maximum atomic E-state index is 12.8. The van der Waals surface area contributed by atoms with E-state index >= 15 is 0 Å². The predicted molar refractivity (Wildman–Crippen MR) is 144 cm³/mol. The predicted octanol–water partition coefficient (Wildman–Crippen LogP) is 0.955. The van der Waals surface area contributed by atoms with Gasteiger partial charge >= 0.3 is 0 Å². The molecule has 39 heavy (non-hydrogen) atoms. The maximum absolute atomic E-state index is 12.8. The topological polar surface area (TPSA) is 130 Å². The molecule has 0 spiro atoms. The number of aryl methyl sites for hydroxylation is 1. The fraction of sp³-hybridized carbons (Fsp3) is 0.593. The van der Waals surface area contributed by atoms with Crippen molar-refractivity contribution >= 4 is 11.8 Å². The Bertz CT molecular complexity index is 1170. The molecule has 0 saturated carbocycles. The fourth-order valence-electron chi connectivity index (χ4n) is 4.74. The summed E-state index contributed by atoms with van der Waals surface area (Å²) in [5.41, 5.74) is 0.455. The first-order chi connectivity index (χ1) is 19.0. The van der Waals surface area contributed by atoms with Gasteiger partial charge in [0.2, 0.25) is 11.8 Å². The summed E-state index contributed by atoms with van der Waals surface area (Å²) in [6.07, 6.45) is 2.53. The van der Waals surface area contributed by atoms with Gasteiger partial charge in [0.1, 0.15) is 12.3 Å². The molecule has 1 aromatic heterocycles. The number of hydrogen-bond acceptors (Lipinski definition) is 9. The molecule has 2 aliphatic rings. The molecule has 2 aliphatic heterocycles. The normalized spacial score (nSPS) is 15.9. The number of carbonyl (C=O) groups is 2. The Balaban J connectivity index is 1.26. The van der Waals surface area contributed by atoms with Crippen molar-refractivity contribution in [2.24, 2.45) is 0 Å². The highest BCUT2D eigenvalue weighted by atomic mass is 16.5. The quantitative estimate of drug-likeness (QED) is 0.390. The molecular formula is C27H38N6O6. The van der Waals surface area contributed by atoms with Gasteiger partial charge in [-0.1, -0.05) is 0 Å². The fourth-order valence-corrected chi connectivity index (χ4v) is 4.74. The van der Waals surface area contributed by atoms with Gasteiger partial charge in [0, 0.05) is 64.3 Å². The van der Waals surface area contributed by atoms with Crippen LogP contribution in [0.15, 0.2) is 23.0 Å². The van der Waals surface area contributed by atoms with Crippen LogP contribution in [0.3, 0.4) is 0 Å². The zero-order valence-electron chi connectivity index (χ0n) is 22.8. The van der Waals surface area contributed by atoms with Gasteiger partial charge in [-0.3, -0.25) is 19.3 Å². The van der Waals surface area contributed by atoms with Gasteiger partial charge in [-0.15, -0.1) is 10.2 Å². The molecule has 0 bridgehead atoms. The lowest BCUT2D eigenvalue weighted by Gasteiger charge is -2.35. The minimum atomic E-state index is -0.381. The molecule has 2 saturated heterocycles. The highest BCUT2D eigenvalue weighted by molar-refractivity contribution is 5.79. The van der Waals surface area contributed by atoms with Crippen molar-refractivity contribution in [1.29, 1.82) is 0 Å². The van der Waals surface area contributed by atoms with Crippen LogP contribution in [0.1, 0.15) is 31.9 Å². The van der Waals surface area contributed by atoms with E-state index in [1.54, 1.807) is 23.1 Å². The molecule has 12 nitrogen and oxygen atoms in total. The van der Waals surface area contributed by atoms with Gasteiger partial charge in [-0.2, -0.15) is 0 Å². The van der Waals surface area contributed by atoms with E-state index in [1.807, 2.05) is 11.8 Å². The van der Waals surface area contributed by atoms with Crippen molar-refractivity contribution in [1.82, 2.24) is 29.9 Å². The number of aromatic nitrogens is 3. The van der Waals surface area contributed by atoms with E-state index in [0.29, 0.717) is 75.4 Å². The number of H-pyrrole nitrogens is 1. The molecule has 0 aliphatic carbocycles. The number of methoxy groups -OCH3 is 1. The Morgan fingerprint density at radius 1 is 0.949 bits per heavy atom.